The lowest BCUT2D eigenvalue weighted by molar-refractivity contribution is -0.125. The maximum absolute atomic E-state index is 12.4. The third kappa shape index (κ3) is 5.57. The Bertz CT molecular complexity index is 869. The van der Waals surface area contributed by atoms with Gasteiger partial charge in [-0.25, -0.2) is 0 Å². The smallest absolute Gasteiger partial charge is 0.251 e. The third-order valence-corrected chi connectivity index (χ3v) is 5.80. The summed E-state index contributed by atoms with van der Waals surface area (Å²) in [6.45, 7) is 2.40. The van der Waals surface area contributed by atoms with Crippen molar-refractivity contribution in [2.24, 2.45) is 11.8 Å². The number of likely N-dealkylation sites (tertiary alicyclic amines) is 1. The Morgan fingerprint density at radius 1 is 0.966 bits per heavy atom. The number of benzene rings is 2. The Balaban J connectivity index is 1.25. The van der Waals surface area contributed by atoms with Gasteiger partial charge >= 0.3 is 0 Å². The minimum atomic E-state index is 0.0197. The summed E-state index contributed by atoms with van der Waals surface area (Å²) in [7, 11) is 0. The molecule has 4 heteroatoms. The topological polar surface area (TPSA) is 49.4 Å². The molecule has 0 bridgehead atoms. The van der Waals surface area contributed by atoms with Crippen LogP contribution < -0.4 is 5.32 Å². The molecule has 1 unspecified atom stereocenters. The van der Waals surface area contributed by atoms with Gasteiger partial charge < -0.3 is 10.2 Å². The third-order valence-electron chi connectivity index (χ3n) is 5.80. The van der Waals surface area contributed by atoms with Gasteiger partial charge in [0, 0.05) is 31.3 Å². The molecular weight excluding hydrogens is 360 g/mol. The first-order chi connectivity index (χ1) is 14.2. The zero-order valence-electron chi connectivity index (χ0n) is 16.7. The van der Waals surface area contributed by atoms with Crippen LogP contribution in [0.1, 0.15) is 40.7 Å². The van der Waals surface area contributed by atoms with Crippen molar-refractivity contribution in [1.29, 1.82) is 0 Å². The van der Waals surface area contributed by atoms with E-state index in [9.17, 15) is 9.59 Å². The average molecular weight is 389 g/mol. The van der Waals surface area contributed by atoms with E-state index in [1.807, 2.05) is 65.6 Å². The Labute approximate surface area is 172 Å². The molecule has 2 fully saturated rings. The largest absolute Gasteiger partial charge is 0.352 e. The van der Waals surface area contributed by atoms with Crippen LogP contribution in [0.2, 0.25) is 0 Å². The van der Waals surface area contributed by atoms with Crippen molar-refractivity contribution >= 4 is 17.9 Å². The van der Waals surface area contributed by atoms with E-state index >= 15 is 0 Å². The predicted octanol–water partition coefficient (Wildman–Crippen LogP) is 3.93. The van der Waals surface area contributed by atoms with Crippen LogP contribution >= 0.6 is 0 Å². The van der Waals surface area contributed by atoms with Gasteiger partial charge in [-0.15, -0.1) is 0 Å². The summed E-state index contributed by atoms with van der Waals surface area (Å²) < 4.78 is 0. The highest BCUT2D eigenvalue weighted by Crippen LogP contribution is 2.27. The molecule has 2 aliphatic rings. The molecule has 150 valence electrons. The van der Waals surface area contributed by atoms with Crippen molar-refractivity contribution in [2.45, 2.75) is 25.7 Å². The summed E-state index contributed by atoms with van der Waals surface area (Å²) in [6, 6.07) is 17.8. The Kier molecular flexibility index (Phi) is 6.09. The fourth-order valence-electron chi connectivity index (χ4n) is 3.82. The molecule has 4 rings (SSSR count). The predicted molar refractivity (Wildman–Crippen MR) is 115 cm³/mol. The van der Waals surface area contributed by atoms with E-state index in [0.717, 1.165) is 43.6 Å². The normalized spacial score (nSPS) is 18.9. The van der Waals surface area contributed by atoms with Gasteiger partial charge in [0.25, 0.3) is 5.91 Å². The maximum Gasteiger partial charge on any atom is 0.251 e. The van der Waals surface area contributed by atoms with Crippen LogP contribution in [0.5, 0.6) is 0 Å². The molecule has 2 aromatic carbocycles. The molecule has 1 atom stereocenters. The summed E-state index contributed by atoms with van der Waals surface area (Å²) in [5.74, 6) is 1.26. The fraction of sp³-hybridized carbons (Fsp3) is 0.360. The standard InChI is InChI=1S/C25H28N2O2/c28-24(13-10-19-4-2-1-3-5-19)27-15-14-22(18-27)16-20-8-11-23(12-9-20)25(29)26-17-21-6-7-21/h1-5,8-13,21-22H,6-7,14-18H2,(H,26,29). The molecule has 0 spiro atoms. The summed E-state index contributed by atoms with van der Waals surface area (Å²) in [4.78, 5) is 26.5. The number of amides is 2. The van der Waals surface area contributed by atoms with Crippen LogP contribution in [0, 0.1) is 11.8 Å². The average Bonchev–Trinajstić information content (AvgIpc) is 3.48. The van der Waals surface area contributed by atoms with Gasteiger partial charge in [0.15, 0.2) is 0 Å². The molecule has 1 aliphatic carbocycles. The molecular formula is C25H28N2O2. The molecule has 1 heterocycles. The molecule has 1 aliphatic heterocycles. The molecule has 1 N–H and O–H groups in total. The minimum absolute atomic E-state index is 0.0197. The fourth-order valence-corrected chi connectivity index (χ4v) is 3.82. The number of hydrogen-bond donors (Lipinski definition) is 1. The van der Waals surface area contributed by atoms with Gasteiger partial charge in [0.2, 0.25) is 5.91 Å². The lowest BCUT2D eigenvalue weighted by Gasteiger charge is -2.14. The molecule has 1 saturated carbocycles. The van der Waals surface area contributed by atoms with E-state index in [4.69, 9.17) is 0 Å². The molecule has 0 aromatic heterocycles. The van der Waals surface area contributed by atoms with Crippen LogP contribution in [0.4, 0.5) is 0 Å². The molecule has 1 saturated heterocycles. The minimum Gasteiger partial charge on any atom is -0.352 e. The van der Waals surface area contributed by atoms with Gasteiger partial charge in [0.1, 0.15) is 0 Å². The van der Waals surface area contributed by atoms with Crippen molar-refractivity contribution in [2.75, 3.05) is 19.6 Å². The second-order valence-electron chi connectivity index (χ2n) is 8.24. The van der Waals surface area contributed by atoms with Crippen LogP contribution in [-0.2, 0) is 11.2 Å². The summed E-state index contributed by atoms with van der Waals surface area (Å²) in [6.07, 6.45) is 7.99. The van der Waals surface area contributed by atoms with Gasteiger partial charge in [-0.3, -0.25) is 9.59 Å². The first kappa shape index (κ1) is 19.4. The first-order valence-electron chi connectivity index (χ1n) is 10.6. The second-order valence-corrected chi connectivity index (χ2v) is 8.24. The van der Waals surface area contributed by atoms with E-state index < -0.39 is 0 Å². The summed E-state index contributed by atoms with van der Waals surface area (Å²) >= 11 is 0. The highest BCUT2D eigenvalue weighted by molar-refractivity contribution is 5.94. The Morgan fingerprint density at radius 3 is 2.45 bits per heavy atom. The molecule has 4 nitrogen and oxygen atoms in total. The highest BCUT2D eigenvalue weighted by Gasteiger charge is 2.25. The van der Waals surface area contributed by atoms with Gasteiger partial charge in [-0.05, 0) is 66.9 Å². The van der Waals surface area contributed by atoms with Crippen molar-refractivity contribution < 1.29 is 9.59 Å². The number of hydrogen-bond acceptors (Lipinski definition) is 2. The Hall–Kier alpha value is -2.88. The van der Waals surface area contributed by atoms with Crippen molar-refractivity contribution in [3.8, 4) is 0 Å². The maximum atomic E-state index is 12.4. The van der Waals surface area contributed by atoms with Crippen molar-refractivity contribution in [3.05, 3.63) is 77.4 Å². The van der Waals surface area contributed by atoms with Crippen LogP contribution in [0.25, 0.3) is 6.08 Å². The summed E-state index contributed by atoms with van der Waals surface area (Å²) in [5.41, 5.74) is 2.99. The molecule has 29 heavy (non-hydrogen) atoms. The second kappa shape index (κ2) is 9.08. The van der Waals surface area contributed by atoms with E-state index in [0.29, 0.717) is 11.8 Å². The zero-order valence-corrected chi connectivity index (χ0v) is 16.7. The van der Waals surface area contributed by atoms with Crippen LogP contribution in [-0.4, -0.2) is 36.3 Å². The Morgan fingerprint density at radius 2 is 1.72 bits per heavy atom. The number of rotatable bonds is 7. The monoisotopic (exact) mass is 388 g/mol. The van der Waals surface area contributed by atoms with Gasteiger partial charge in [0.05, 0.1) is 0 Å². The van der Waals surface area contributed by atoms with Crippen molar-refractivity contribution in [3.63, 3.8) is 0 Å². The van der Waals surface area contributed by atoms with Crippen LogP contribution in [0.15, 0.2) is 60.7 Å². The zero-order chi connectivity index (χ0) is 20.1. The molecule has 2 aromatic rings. The van der Waals surface area contributed by atoms with Gasteiger partial charge in [-0.2, -0.15) is 0 Å². The number of carbonyl (C=O) groups excluding carboxylic acids is 2. The van der Waals surface area contributed by atoms with Crippen LogP contribution in [0.3, 0.4) is 0 Å². The quantitative estimate of drug-likeness (QED) is 0.731. The lowest BCUT2D eigenvalue weighted by atomic mass is 9.98. The highest BCUT2D eigenvalue weighted by atomic mass is 16.2. The molecule has 2 amide bonds. The van der Waals surface area contributed by atoms with E-state index in [1.54, 1.807) is 6.08 Å². The number of nitrogens with one attached hydrogen (secondary N) is 1. The van der Waals surface area contributed by atoms with E-state index in [1.165, 1.54) is 18.4 Å². The SMILES string of the molecule is O=C(NCC1CC1)c1ccc(CC2CCN(C(=O)C=Cc3ccccc3)C2)cc1. The lowest BCUT2D eigenvalue weighted by Crippen LogP contribution is -2.27. The summed E-state index contributed by atoms with van der Waals surface area (Å²) in [5, 5.41) is 3.01. The number of carbonyl (C=O) groups is 2. The van der Waals surface area contributed by atoms with Gasteiger partial charge in [-0.1, -0.05) is 42.5 Å². The molecule has 0 radical (unpaired) electrons. The van der Waals surface area contributed by atoms with E-state index in [2.05, 4.69) is 5.32 Å². The van der Waals surface area contributed by atoms with Crippen molar-refractivity contribution in [1.82, 2.24) is 10.2 Å². The van der Waals surface area contributed by atoms with E-state index in [-0.39, 0.29) is 11.8 Å². The number of nitrogens with zero attached hydrogens (tertiary/aromatic N) is 1. The first-order valence-corrected chi connectivity index (χ1v) is 10.6.